The first-order valence-electron chi connectivity index (χ1n) is 12.8. The van der Waals surface area contributed by atoms with Gasteiger partial charge in [-0.25, -0.2) is 9.97 Å². The zero-order chi connectivity index (χ0) is 37.1. The van der Waals surface area contributed by atoms with Crippen LogP contribution in [0, 0.1) is 45.3 Å². The Bertz CT molecular complexity index is 2210. The summed E-state index contributed by atoms with van der Waals surface area (Å²) in [5, 5.41) is 37.5. The second kappa shape index (κ2) is 11.6. The van der Waals surface area contributed by atoms with E-state index in [1.54, 1.807) is 0 Å². The van der Waals surface area contributed by atoms with Crippen molar-refractivity contribution in [3.8, 4) is 46.5 Å². The van der Waals surface area contributed by atoms with Gasteiger partial charge in [0.05, 0.1) is 33.4 Å². The molecule has 0 atom stereocenters. The number of alkyl halides is 12. The maximum atomic E-state index is 13.9. The van der Waals surface area contributed by atoms with E-state index >= 15 is 0 Å². The quantitative estimate of drug-likeness (QED) is 0.169. The molecule has 0 aliphatic carbocycles. The van der Waals surface area contributed by atoms with Crippen LogP contribution in [0.4, 0.5) is 52.7 Å². The van der Waals surface area contributed by atoms with Gasteiger partial charge in [-0.2, -0.15) is 73.7 Å². The second-order valence-corrected chi connectivity index (χ2v) is 9.93. The fraction of sp³-hybridized carbons (Fsp3) is 0.133. The number of benzene rings is 3. The number of aromatic nitrogens is 2. The molecule has 0 fully saturated rings. The molecule has 0 aliphatic heterocycles. The molecular formula is C30H6F12N6O2. The Morgan fingerprint density at radius 2 is 0.720 bits per heavy atom. The van der Waals surface area contributed by atoms with Crippen LogP contribution < -0.4 is 11.1 Å². The van der Waals surface area contributed by atoms with E-state index in [0.29, 0.717) is 0 Å². The molecule has 252 valence electrons. The molecular weight excluding hydrogens is 704 g/mol. The van der Waals surface area contributed by atoms with Crippen molar-refractivity contribution < 1.29 is 61.5 Å². The van der Waals surface area contributed by atoms with Crippen molar-refractivity contribution in [3.63, 3.8) is 0 Å². The van der Waals surface area contributed by atoms with Crippen molar-refractivity contribution in [2.24, 2.45) is 0 Å². The number of oxazole rings is 2. The van der Waals surface area contributed by atoms with Crippen molar-refractivity contribution in [1.82, 2.24) is 9.97 Å². The van der Waals surface area contributed by atoms with Gasteiger partial charge >= 0.3 is 24.7 Å². The number of halogens is 12. The Labute approximate surface area is 267 Å². The van der Waals surface area contributed by atoms with Crippen LogP contribution in [0.3, 0.4) is 0 Å². The van der Waals surface area contributed by atoms with Crippen molar-refractivity contribution in [2.45, 2.75) is 24.7 Å². The Morgan fingerprint density at radius 1 is 0.460 bits per heavy atom. The van der Waals surface area contributed by atoms with Crippen molar-refractivity contribution >= 4 is 33.3 Å². The molecule has 50 heavy (non-hydrogen) atoms. The van der Waals surface area contributed by atoms with Gasteiger partial charge in [-0.05, 0) is 47.5 Å². The average molecular weight is 710 g/mol. The van der Waals surface area contributed by atoms with E-state index < -0.39 is 114 Å². The monoisotopic (exact) mass is 710 g/mol. The number of fused-ring (bicyclic) bond motifs is 2. The molecule has 5 aromatic rings. The molecule has 0 unspecified atom stereocenters. The third-order valence-electron chi connectivity index (χ3n) is 6.81. The minimum atomic E-state index is -5.44. The summed E-state index contributed by atoms with van der Waals surface area (Å²) in [6.07, 6.45) is -21.8. The van der Waals surface area contributed by atoms with Gasteiger partial charge in [0.2, 0.25) is 11.1 Å². The number of nitrogens with zero attached hydrogens (tertiary/aromatic N) is 6. The summed E-state index contributed by atoms with van der Waals surface area (Å²) < 4.78 is 177. The predicted octanol–water partition coefficient (Wildman–Crippen LogP) is 7.77. The third kappa shape index (κ3) is 6.10. The first-order chi connectivity index (χ1) is 23.1. The van der Waals surface area contributed by atoms with Crippen LogP contribution in [0.25, 0.3) is 55.6 Å². The summed E-state index contributed by atoms with van der Waals surface area (Å²) in [5.41, 5.74) is -19.3. The summed E-state index contributed by atoms with van der Waals surface area (Å²) in [4.78, 5) is 7.62. The van der Waals surface area contributed by atoms with E-state index in [0.717, 1.165) is 0 Å². The minimum absolute atomic E-state index is 0.157. The highest BCUT2D eigenvalue weighted by molar-refractivity contribution is 6.15. The molecule has 0 radical (unpaired) electrons. The van der Waals surface area contributed by atoms with Gasteiger partial charge in [0.25, 0.3) is 0 Å². The summed E-state index contributed by atoms with van der Waals surface area (Å²) in [7, 11) is 0. The standard InChI is InChI=1S/C30H6F12N6O2/c31-27(32,33)15-1-11(2-16(5-15)28(34,35)36)19-21-24(50-25(47-21)13(7-43)8-44)20(22-23(19)49-26(48-22)14(9-45)10-46)12-3-17(29(37,38)39)6-18(4-12)30(40,41)42/h1-6H. The molecule has 2 heterocycles. The van der Waals surface area contributed by atoms with Gasteiger partial charge in [-0.15, -0.1) is 0 Å². The predicted molar refractivity (Wildman–Crippen MR) is 141 cm³/mol. The summed E-state index contributed by atoms with van der Waals surface area (Å²) >= 11 is 0. The molecule has 0 bridgehead atoms. The van der Waals surface area contributed by atoms with Gasteiger partial charge in [-0.1, -0.05) is 0 Å². The van der Waals surface area contributed by atoms with Gasteiger partial charge in [0, 0.05) is 0 Å². The normalized spacial score (nSPS) is 12.3. The van der Waals surface area contributed by atoms with E-state index in [4.69, 9.17) is 8.83 Å². The summed E-state index contributed by atoms with van der Waals surface area (Å²) in [6.45, 7) is 0. The molecule has 0 spiro atoms. The van der Waals surface area contributed by atoms with Crippen molar-refractivity contribution in [2.75, 3.05) is 0 Å². The van der Waals surface area contributed by atoms with Gasteiger partial charge < -0.3 is 8.83 Å². The molecule has 0 aliphatic rings. The van der Waals surface area contributed by atoms with E-state index in [1.165, 1.54) is 24.3 Å². The molecule has 0 N–H and O–H groups in total. The molecule has 8 nitrogen and oxygen atoms in total. The maximum absolute atomic E-state index is 13.9. The zero-order valence-corrected chi connectivity index (χ0v) is 23.5. The Morgan fingerprint density at radius 3 is 0.940 bits per heavy atom. The van der Waals surface area contributed by atoms with E-state index in [2.05, 4.69) is 9.97 Å². The first kappa shape index (κ1) is 34.8. The number of hydrogen-bond acceptors (Lipinski definition) is 8. The van der Waals surface area contributed by atoms with E-state index in [1.807, 2.05) is 0 Å². The summed E-state index contributed by atoms with van der Waals surface area (Å²) in [6, 6.07) is 5.42. The lowest BCUT2D eigenvalue weighted by molar-refractivity contribution is -0.144. The fourth-order valence-corrected chi connectivity index (χ4v) is 4.72. The highest BCUT2D eigenvalue weighted by atomic mass is 19.4. The topological polar surface area (TPSA) is 147 Å². The van der Waals surface area contributed by atoms with Crippen molar-refractivity contribution in [1.29, 1.82) is 21.0 Å². The molecule has 2 aromatic heterocycles. The smallest absolute Gasteiger partial charge is 0.416 e. The minimum Gasteiger partial charge on any atom is -0.434 e. The highest BCUT2D eigenvalue weighted by Crippen LogP contribution is 2.47. The van der Waals surface area contributed by atoms with Crippen LogP contribution >= 0.6 is 0 Å². The largest absolute Gasteiger partial charge is 0.434 e. The van der Waals surface area contributed by atoms with Crippen molar-refractivity contribution in [3.05, 3.63) is 69.7 Å². The molecule has 5 rings (SSSR count). The van der Waals surface area contributed by atoms with Gasteiger partial charge in [0.1, 0.15) is 35.3 Å². The Balaban J connectivity index is 2.16. The Kier molecular flexibility index (Phi) is 8.04. The lowest BCUT2D eigenvalue weighted by atomic mass is 9.92. The average Bonchev–Trinajstić information content (AvgIpc) is 3.64. The third-order valence-corrected chi connectivity index (χ3v) is 6.81. The molecule has 0 saturated heterocycles. The first-order valence-corrected chi connectivity index (χ1v) is 12.8. The fourth-order valence-electron chi connectivity index (χ4n) is 4.72. The summed E-state index contributed by atoms with van der Waals surface area (Å²) in [5.74, 6) is 0. The van der Waals surface area contributed by atoms with E-state index in [9.17, 15) is 73.7 Å². The molecule has 0 saturated carbocycles. The highest BCUT2D eigenvalue weighted by Gasteiger charge is 2.40. The second-order valence-electron chi connectivity index (χ2n) is 9.93. The lowest BCUT2D eigenvalue weighted by Gasteiger charge is -2.16. The SMILES string of the molecule is N#CC(C#N)=c1nc2c(-c3cc(C(F)(F)F)cc(C(F)(F)F)c3)c3oc(=C(C#N)C#N)nc3c(-c3cc(C(F)(F)F)cc(C(F)(F)F)c3)c2o1. The Hall–Kier alpha value is -6.54. The van der Waals surface area contributed by atoms with Crippen LogP contribution in [0.5, 0.6) is 0 Å². The number of rotatable bonds is 2. The molecule has 3 aromatic carbocycles. The van der Waals surface area contributed by atoms with Crippen LogP contribution in [-0.4, -0.2) is 9.97 Å². The lowest BCUT2D eigenvalue weighted by Crippen LogP contribution is -2.11. The van der Waals surface area contributed by atoms with Crippen LogP contribution in [-0.2, 0) is 24.7 Å². The van der Waals surface area contributed by atoms with Crippen LogP contribution in [0.2, 0.25) is 0 Å². The molecule has 0 amide bonds. The van der Waals surface area contributed by atoms with Crippen LogP contribution in [0.1, 0.15) is 22.3 Å². The number of nitriles is 4. The number of hydrogen-bond donors (Lipinski definition) is 0. The van der Waals surface area contributed by atoms with Gasteiger partial charge in [-0.3, -0.25) is 0 Å². The maximum Gasteiger partial charge on any atom is 0.416 e. The van der Waals surface area contributed by atoms with Crippen LogP contribution in [0.15, 0.2) is 45.2 Å². The van der Waals surface area contributed by atoms with Gasteiger partial charge in [0.15, 0.2) is 22.3 Å². The zero-order valence-electron chi connectivity index (χ0n) is 23.5. The molecule has 20 heteroatoms. The van der Waals surface area contributed by atoms with E-state index in [-0.39, 0.29) is 36.4 Å².